The molecule has 0 unspecified atom stereocenters. The van der Waals surface area contributed by atoms with Gasteiger partial charge in [0.15, 0.2) is 5.84 Å². The van der Waals surface area contributed by atoms with Crippen molar-refractivity contribution < 1.29 is 0 Å². The Labute approximate surface area is 200 Å². The fourth-order valence-corrected chi connectivity index (χ4v) is 4.22. The summed E-state index contributed by atoms with van der Waals surface area (Å²) in [5.74, 6) is 0.258. The summed E-state index contributed by atoms with van der Waals surface area (Å²) in [6.45, 7) is 0.608. The monoisotopic (exact) mass is 471 g/mol. The van der Waals surface area contributed by atoms with E-state index in [1.165, 1.54) is 0 Å². The third-order valence-corrected chi connectivity index (χ3v) is 5.99. The van der Waals surface area contributed by atoms with Gasteiger partial charge >= 0.3 is 0 Å². The fourth-order valence-electron chi connectivity index (χ4n) is 3.76. The largest absolute Gasteiger partial charge is 0.380 e. The molecule has 5 nitrogen and oxygen atoms in total. The van der Waals surface area contributed by atoms with E-state index >= 15 is 0 Å². The lowest BCUT2D eigenvalue weighted by molar-refractivity contribution is 0.836. The van der Waals surface area contributed by atoms with Crippen molar-refractivity contribution in [1.82, 2.24) is 9.55 Å². The predicted molar refractivity (Wildman–Crippen MR) is 138 cm³/mol. The van der Waals surface area contributed by atoms with E-state index in [-0.39, 0.29) is 5.84 Å². The minimum atomic E-state index is 0.258. The first-order valence-corrected chi connectivity index (χ1v) is 11.1. The summed E-state index contributed by atoms with van der Waals surface area (Å²) in [7, 11) is 0. The van der Waals surface area contributed by atoms with Crippen LogP contribution in [0.3, 0.4) is 0 Å². The molecule has 0 atom stereocenters. The molecule has 5 rings (SSSR count). The molecule has 2 aromatic heterocycles. The van der Waals surface area contributed by atoms with Crippen LogP contribution in [0.5, 0.6) is 0 Å². The molecular formula is C26H19Cl2N5. The number of hydrogen-bond acceptors (Lipinski definition) is 3. The SMILES string of the molecule is N/C(=N\N=C\c1cn(Cc2ccc(Cl)cc2Cl)c2ccccc12)c1ccc2ccccc2n1. The topological polar surface area (TPSA) is 68.6 Å². The maximum atomic E-state index is 6.39. The molecule has 0 saturated heterocycles. The van der Waals surface area contributed by atoms with Gasteiger partial charge < -0.3 is 10.3 Å². The Morgan fingerprint density at radius 3 is 2.67 bits per heavy atom. The van der Waals surface area contributed by atoms with E-state index in [1.807, 2.05) is 66.9 Å². The third kappa shape index (κ3) is 4.46. The number of amidine groups is 1. The summed E-state index contributed by atoms with van der Waals surface area (Å²) in [4.78, 5) is 4.56. The van der Waals surface area contributed by atoms with Crippen molar-refractivity contribution in [2.75, 3.05) is 0 Å². The van der Waals surface area contributed by atoms with Crippen LogP contribution in [0.1, 0.15) is 16.8 Å². The van der Waals surface area contributed by atoms with Gasteiger partial charge in [-0.05, 0) is 35.9 Å². The third-order valence-electron chi connectivity index (χ3n) is 5.40. The van der Waals surface area contributed by atoms with Gasteiger partial charge in [0.05, 0.1) is 11.7 Å². The van der Waals surface area contributed by atoms with Crippen LogP contribution in [-0.2, 0) is 6.54 Å². The van der Waals surface area contributed by atoms with Crippen LogP contribution in [-0.4, -0.2) is 21.6 Å². The number of fused-ring (bicyclic) bond motifs is 2. The van der Waals surface area contributed by atoms with Gasteiger partial charge in [0.1, 0.15) is 5.69 Å². The average Bonchev–Trinajstić information content (AvgIpc) is 3.18. The zero-order valence-electron chi connectivity index (χ0n) is 17.5. The molecule has 0 amide bonds. The molecule has 0 saturated carbocycles. The smallest absolute Gasteiger partial charge is 0.172 e. The zero-order chi connectivity index (χ0) is 22.8. The molecule has 0 aliphatic heterocycles. The van der Waals surface area contributed by atoms with Crippen LogP contribution in [0.4, 0.5) is 0 Å². The van der Waals surface area contributed by atoms with E-state index < -0.39 is 0 Å². The van der Waals surface area contributed by atoms with E-state index in [4.69, 9.17) is 28.9 Å². The highest BCUT2D eigenvalue weighted by Gasteiger charge is 2.09. The van der Waals surface area contributed by atoms with Crippen LogP contribution in [0.2, 0.25) is 10.0 Å². The summed E-state index contributed by atoms with van der Waals surface area (Å²) in [6.07, 6.45) is 3.73. The first kappa shape index (κ1) is 21.2. The van der Waals surface area contributed by atoms with E-state index in [2.05, 4.69) is 31.9 Å². The number of aromatic nitrogens is 2. The molecule has 162 valence electrons. The van der Waals surface area contributed by atoms with Crippen molar-refractivity contribution in [2.24, 2.45) is 15.9 Å². The van der Waals surface area contributed by atoms with Crippen LogP contribution < -0.4 is 5.73 Å². The zero-order valence-corrected chi connectivity index (χ0v) is 19.0. The number of rotatable bonds is 5. The van der Waals surface area contributed by atoms with Gasteiger partial charge in [0, 0.05) is 44.6 Å². The second-order valence-corrected chi connectivity index (χ2v) is 8.43. The van der Waals surface area contributed by atoms with Crippen LogP contribution >= 0.6 is 23.2 Å². The molecule has 0 aliphatic rings. The van der Waals surface area contributed by atoms with Crippen molar-refractivity contribution in [3.05, 3.63) is 112 Å². The van der Waals surface area contributed by atoms with Crippen LogP contribution in [0, 0.1) is 0 Å². The predicted octanol–water partition coefficient (Wildman–Crippen LogP) is 6.28. The summed E-state index contributed by atoms with van der Waals surface area (Å²) < 4.78 is 2.13. The lowest BCUT2D eigenvalue weighted by atomic mass is 10.2. The van der Waals surface area contributed by atoms with Crippen molar-refractivity contribution in [1.29, 1.82) is 0 Å². The Bertz CT molecular complexity index is 1530. The van der Waals surface area contributed by atoms with Crippen LogP contribution in [0.25, 0.3) is 21.8 Å². The lowest BCUT2D eigenvalue weighted by Crippen LogP contribution is -2.14. The van der Waals surface area contributed by atoms with E-state index in [0.717, 1.165) is 32.9 Å². The van der Waals surface area contributed by atoms with Crippen molar-refractivity contribution in [2.45, 2.75) is 6.54 Å². The number of halogens is 2. The van der Waals surface area contributed by atoms with Gasteiger partial charge in [0.2, 0.25) is 0 Å². The van der Waals surface area contributed by atoms with E-state index in [9.17, 15) is 0 Å². The molecule has 7 heteroatoms. The molecule has 0 fully saturated rings. The molecule has 3 aromatic carbocycles. The highest BCUT2D eigenvalue weighted by molar-refractivity contribution is 6.35. The minimum Gasteiger partial charge on any atom is -0.380 e. The maximum absolute atomic E-state index is 6.39. The summed E-state index contributed by atoms with van der Waals surface area (Å²) in [5.41, 5.74) is 10.6. The van der Waals surface area contributed by atoms with E-state index in [0.29, 0.717) is 22.3 Å². The van der Waals surface area contributed by atoms with Gasteiger partial charge in [-0.3, -0.25) is 0 Å². The highest BCUT2D eigenvalue weighted by atomic mass is 35.5. The molecule has 2 N–H and O–H groups in total. The molecule has 0 spiro atoms. The molecule has 2 heterocycles. The molecule has 33 heavy (non-hydrogen) atoms. The summed E-state index contributed by atoms with van der Waals surface area (Å²) in [5, 5.41) is 11.8. The second-order valence-electron chi connectivity index (χ2n) is 7.58. The Hall–Kier alpha value is -3.67. The first-order chi connectivity index (χ1) is 16.1. The number of pyridine rings is 1. The molecular weight excluding hydrogens is 453 g/mol. The Balaban J connectivity index is 1.44. The van der Waals surface area contributed by atoms with Crippen molar-refractivity contribution in [3.63, 3.8) is 0 Å². The number of benzene rings is 3. The van der Waals surface area contributed by atoms with E-state index in [1.54, 1.807) is 12.3 Å². The van der Waals surface area contributed by atoms with Crippen molar-refractivity contribution >= 4 is 57.1 Å². The normalized spacial score (nSPS) is 12.2. The summed E-state index contributed by atoms with van der Waals surface area (Å²) >= 11 is 12.4. The van der Waals surface area contributed by atoms with Gasteiger partial charge in [-0.25, -0.2) is 4.98 Å². The number of nitrogens with zero attached hydrogens (tertiary/aromatic N) is 4. The minimum absolute atomic E-state index is 0.258. The highest BCUT2D eigenvalue weighted by Crippen LogP contribution is 2.25. The second kappa shape index (κ2) is 9.06. The Kier molecular flexibility index (Phi) is 5.82. The Morgan fingerprint density at radius 1 is 0.970 bits per heavy atom. The van der Waals surface area contributed by atoms with Gasteiger partial charge in [-0.15, -0.1) is 5.10 Å². The molecule has 0 radical (unpaired) electrons. The number of para-hydroxylation sites is 2. The Morgan fingerprint density at radius 2 is 1.79 bits per heavy atom. The first-order valence-electron chi connectivity index (χ1n) is 10.3. The lowest BCUT2D eigenvalue weighted by Gasteiger charge is -2.08. The quantitative estimate of drug-likeness (QED) is 0.186. The molecule has 0 bridgehead atoms. The van der Waals surface area contributed by atoms with Gasteiger partial charge in [0.25, 0.3) is 0 Å². The summed E-state index contributed by atoms with van der Waals surface area (Å²) in [6, 6.07) is 25.3. The number of nitrogens with two attached hydrogens (primary N) is 1. The standard InChI is InChI=1S/C26H19Cl2N5/c27-20-11-9-18(22(28)13-20)15-33-16-19(21-6-2-4-8-25(21)33)14-30-32-26(29)24-12-10-17-5-1-3-7-23(17)31-24/h1-14,16H,15H2,(H2,29,32)/b30-14+. The average molecular weight is 472 g/mol. The number of hydrogen-bond donors (Lipinski definition) is 1. The fraction of sp³-hybridized carbons (Fsp3) is 0.0385. The molecule has 0 aliphatic carbocycles. The van der Waals surface area contributed by atoms with Crippen LogP contribution in [0.15, 0.2) is 95.3 Å². The van der Waals surface area contributed by atoms with Gasteiger partial charge in [-0.2, -0.15) is 5.10 Å². The van der Waals surface area contributed by atoms with Gasteiger partial charge in [-0.1, -0.05) is 71.7 Å². The molecule has 5 aromatic rings. The maximum Gasteiger partial charge on any atom is 0.172 e. The van der Waals surface area contributed by atoms with Crippen molar-refractivity contribution in [3.8, 4) is 0 Å².